The van der Waals surface area contributed by atoms with Gasteiger partial charge in [-0.1, -0.05) is 23.2 Å². The quantitative estimate of drug-likeness (QED) is 0.344. The molecule has 6 nitrogen and oxygen atoms in total. The van der Waals surface area contributed by atoms with E-state index in [2.05, 4.69) is 0 Å². The van der Waals surface area contributed by atoms with E-state index >= 15 is 0 Å². The van der Waals surface area contributed by atoms with Crippen LogP contribution in [-0.4, -0.2) is 17.5 Å². The van der Waals surface area contributed by atoms with Crippen molar-refractivity contribution >= 4 is 40.7 Å². The molecule has 0 aromatic heterocycles. The summed E-state index contributed by atoms with van der Waals surface area (Å²) in [5.74, 6) is 0.331. The lowest BCUT2D eigenvalue weighted by molar-refractivity contribution is -0.385. The molecule has 24 heavy (non-hydrogen) atoms. The Hall–Kier alpha value is -2.57. The van der Waals surface area contributed by atoms with Crippen LogP contribution in [0.5, 0.6) is 11.5 Å². The fourth-order valence-electron chi connectivity index (χ4n) is 2.15. The molecule has 1 heterocycles. The molecule has 0 bridgehead atoms. The normalized spacial score (nSPS) is 12.6. The Balaban J connectivity index is 1.92. The molecule has 0 amide bonds. The zero-order chi connectivity index (χ0) is 17.3. The summed E-state index contributed by atoms with van der Waals surface area (Å²) in [7, 11) is 0. The highest BCUT2D eigenvalue weighted by Crippen LogP contribution is 2.38. The number of rotatable bonds is 4. The van der Waals surface area contributed by atoms with E-state index in [1.54, 1.807) is 0 Å². The van der Waals surface area contributed by atoms with E-state index in [-0.39, 0.29) is 28.8 Å². The van der Waals surface area contributed by atoms with Crippen LogP contribution in [0.4, 0.5) is 5.69 Å². The summed E-state index contributed by atoms with van der Waals surface area (Å²) < 4.78 is 10.3. The summed E-state index contributed by atoms with van der Waals surface area (Å²) in [6.45, 7) is 0.00184. The lowest BCUT2D eigenvalue weighted by Crippen LogP contribution is -1.95. The van der Waals surface area contributed by atoms with Gasteiger partial charge in [0, 0.05) is 5.56 Å². The molecule has 0 atom stereocenters. The molecule has 2 aromatic rings. The molecule has 0 aliphatic carbocycles. The Kier molecular flexibility index (Phi) is 4.42. The number of ether oxygens (including phenoxy) is 2. The molecular formula is C16H9Cl2NO5. The molecule has 0 unspecified atom stereocenters. The largest absolute Gasteiger partial charge is 0.454 e. The zero-order valence-corrected chi connectivity index (χ0v) is 13.5. The third-order valence-corrected chi connectivity index (χ3v) is 4.08. The zero-order valence-electron chi connectivity index (χ0n) is 12.0. The van der Waals surface area contributed by atoms with Crippen LogP contribution in [0.25, 0.3) is 6.08 Å². The van der Waals surface area contributed by atoms with E-state index in [4.69, 9.17) is 32.7 Å². The van der Waals surface area contributed by atoms with Gasteiger partial charge in [-0.2, -0.15) is 0 Å². The monoisotopic (exact) mass is 365 g/mol. The molecule has 0 N–H and O–H groups in total. The molecule has 0 saturated carbocycles. The van der Waals surface area contributed by atoms with Gasteiger partial charge in [0.15, 0.2) is 17.3 Å². The first-order chi connectivity index (χ1) is 11.5. The Labute approximate surface area is 146 Å². The minimum Gasteiger partial charge on any atom is -0.454 e. The van der Waals surface area contributed by atoms with Crippen LogP contribution in [0.2, 0.25) is 10.0 Å². The molecule has 2 aromatic carbocycles. The third-order valence-electron chi connectivity index (χ3n) is 3.34. The number of allylic oxidation sites excluding steroid dienone is 1. The van der Waals surface area contributed by atoms with Crippen LogP contribution >= 0.6 is 23.2 Å². The van der Waals surface area contributed by atoms with E-state index in [1.807, 2.05) is 0 Å². The summed E-state index contributed by atoms with van der Waals surface area (Å²) in [4.78, 5) is 22.8. The maximum absolute atomic E-state index is 12.2. The molecule has 0 saturated heterocycles. The second kappa shape index (κ2) is 6.51. The van der Waals surface area contributed by atoms with Crippen molar-refractivity contribution in [2.75, 3.05) is 6.79 Å². The molecular weight excluding hydrogens is 357 g/mol. The second-order valence-electron chi connectivity index (χ2n) is 4.85. The minimum atomic E-state index is -0.550. The first-order valence-electron chi connectivity index (χ1n) is 6.71. The number of nitro groups is 1. The number of nitro benzene ring substituents is 1. The molecule has 0 spiro atoms. The summed E-state index contributed by atoms with van der Waals surface area (Å²) in [5, 5.41) is 11.8. The van der Waals surface area contributed by atoms with Gasteiger partial charge in [0.1, 0.15) is 0 Å². The van der Waals surface area contributed by atoms with Crippen LogP contribution in [0.1, 0.15) is 15.9 Å². The van der Waals surface area contributed by atoms with Crippen molar-refractivity contribution in [3.8, 4) is 11.5 Å². The predicted octanol–water partition coefficient (Wildman–Crippen LogP) is 4.53. The molecule has 1 aliphatic rings. The highest BCUT2D eigenvalue weighted by molar-refractivity contribution is 6.42. The first kappa shape index (κ1) is 16.3. The molecule has 0 fully saturated rings. The number of ketones is 1. The number of carbonyl (C=O) groups is 1. The molecule has 122 valence electrons. The predicted molar refractivity (Wildman–Crippen MR) is 89.0 cm³/mol. The number of carbonyl (C=O) groups excluding carboxylic acids is 1. The smallest absolute Gasteiger partial charge is 0.280 e. The van der Waals surface area contributed by atoms with Crippen LogP contribution < -0.4 is 9.47 Å². The summed E-state index contributed by atoms with van der Waals surface area (Å²) in [6, 6.07) is 7.19. The van der Waals surface area contributed by atoms with Gasteiger partial charge < -0.3 is 9.47 Å². The summed E-state index contributed by atoms with van der Waals surface area (Å²) >= 11 is 11.7. The van der Waals surface area contributed by atoms with Gasteiger partial charge in [0.2, 0.25) is 6.79 Å². The topological polar surface area (TPSA) is 78.7 Å². The van der Waals surface area contributed by atoms with Crippen molar-refractivity contribution in [3.05, 3.63) is 67.7 Å². The summed E-state index contributed by atoms with van der Waals surface area (Å²) in [5.41, 5.74) is 0.374. The van der Waals surface area contributed by atoms with Gasteiger partial charge in [-0.05, 0) is 36.4 Å². The van der Waals surface area contributed by atoms with Crippen molar-refractivity contribution < 1.29 is 19.2 Å². The molecule has 8 heteroatoms. The average Bonchev–Trinajstić information content (AvgIpc) is 3.01. The molecule has 0 radical (unpaired) electrons. The fourth-order valence-corrected chi connectivity index (χ4v) is 2.45. The first-order valence-corrected chi connectivity index (χ1v) is 7.47. The number of benzene rings is 2. The van der Waals surface area contributed by atoms with Crippen molar-refractivity contribution in [3.63, 3.8) is 0 Å². The number of hydrogen-bond acceptors (Lipinski definition) is 5. The van der Waals surface area contributed by atoms with E-state index in [0.717, 1.165) is 0 Å². The van der Waals surface area contributed by atoms with Gasteiger partial charge in [0.05, 0.1) is 26.6 Å². The highest BCUT2D eigenvalue weighted by Gasteiger charge is 2.22. The average molecular weight is 366 g/mol. The second-order valence-corrected chi connectivity index (χ2v) is 5.66. The minimum absolute atomic E-state index is 0.00184. The van der Waals surface area contributed by atoms with E-state index in [0.29, 0.717) is 22.1 Å². The lowest BCUT2D eigenvalue weighted by atomic mass is 10.1. The van der Waals surface area contributed by atoms with Gasteiger partial charge in [0.25, 0.3) is 5.69 Å². The van der Waals surface area contributed by atoms with E-state index in [9.17, 15) is 14.9 Å². The Morgan fingerprint density at radius 3 is 2.50 bits per heavy atom. The number of fused-ring (bicyclic) bond motifs is 1. The number of hydrogen-bond donors (Lipinski definition) is 0. The SMILES string of the molecule is O=C(/C=C/c1cc2c(cc1[N+](=O)[O-])OCO2)c1ccc(Cl)c(Cl)c1. The van der Waals surface area contributed by atoms with E-state index < -0.39 is 4.92 Å². The molecule has 1 aliphatic heterocycles. The van der Waals surface area contributed by atoms with Crippen molar-refractivity contribution in [1.82, 2.24) is 0 Å². The Morgan fingerprint density at radius 2 is 1.83 bits per heavy atom. The third kappa shape index (κ3) is 3.20. The standard InChI is InChI=1S/C16H9Cl2NO5/c17-11-3-1-10(5-12(11)18)14(20)4-2-9-6-15-16(24-8-23-15)7-13(9)19(21)22/h1-7H,8H2/b4-2+. The molecule has 3 rings (SSSR count). The van der Waals surface area contributed by atoms with Crippen LogP contribution in [0.15, 0.2) is 36.4 Å². The van der Waals surface area contributed by atoms with Crippen molar-refractivity contribution in [1.29, 1.82) is 0 Å². The van der Waals surface area contributed by atoms with Gasteiger partial charge in [-0.3, -0.25) is 14.9 Å². The fraction of sp³-hybridized carbons (Fsp3) is 0.0625. The summed E-state index contributed by atoms with van der Waals surface area (Å²) in [6.07, 6.45) is 2.58. The van der Waals surface area contributed by atoms with Gasteiger partial charge in [-0.15, -0.1) is 0 Å². The number of halogens is 2. The highest BCUT2D eigenvalue weighted by atomic mass is 35.5. The maximum atomic E-state index is 12.2. The van der Waals surface area contributed by atoms with Gasteiger partial charge in [-0.25, -0.2) is 0 Å². The van der Waals surface area contributed by atoms with Crippen molar-refractivity contribution in [2.45, 2.75) is 0 Å². The van der Waals surface area contributed by atoms with Crippen LogP contribution in [0.3, 0.4) is 0 Å². The number of nitrogens with zero attached hydrogens (tertiary/aromatic N) is 1. The van der Waals surface area contributed by atoms with E-state index in [1.165, 1.54) is 42.5 Å². The van der Waals surface area contributed by atoms with Crippen LogP contribution in [0, 0.1) is 10.1 Å². The lowest BCUT2D eigenvalue weighted by Gasteiger charge is -2.01. The van der Waals surface area contributed by atoms with Crippen molar-refractivity contribution in [2.24, 2.45) is 0 Å². The maximum Gasteiger partial charge on any atom is 0.280 e. The van der Waals surface area contributed by atoms with Gasteiger partial charge >= 0.3 is 0 Å². The van der Waals surface area contributed by atoms with Crippen LogP contribution in [-0.2, 0) is 0 Å². The Bertz CT molecular complexity index is 879. The Morgan fingerprint density at radius 1 is 1.12 bits per heavy atom.